The minimum absolute atomic E-state index is 0.125. The summed E-state index contributed by atoms with van der Waals surface area (Å²) < 4.78 is 1.64. The molecule has 3 atom stereocenters. The van der Waals surface area contributed by atoms with Gasteiger partial charge in [0, 0.05) is 37.0 Å². The fraction of sp³-hybridized carbons (Fsp3) is 0.650. The van der Waals surface area contributed by atoms with Gasteiger partial charge < -0.3 is 9.80 Å². The summed E-state index contributed by atoms with van der Waals surface area (Å²) in [5.74, 6) is 1.23. The third-order valence-electron chi connectivity index (χ3n) is 7.14. The Morgan fingerprint density at radius 2 is 2.07 bits per heavy atom. The lowest BCUT2D eigenvalue weighted by molar-refractivity contribution is -0.144. The van der Waals surface area contributed by atoms with E-state index in [-0.39, 0.29) is 5.91 Å². The van der Waals surface area contributed by atoms with Crippen molar-refractivity contribution >= 4 is 23.2 Å². The van der Waals surface area contributed by atoms with Crippen LogP contribution in [0.2, 0.25) is 0 Å². The molecule has 3 aliphatic heterocycles. The maximum absolute atomic E-state index is 13.8. The van der Waals surface area contributed by atoms with E-state index < -0.39 is 0 Å². The van der Waals surface area contributed by atoms with Gasteiger partial charge in [-0.2, -0.15) is 4.68 Å². The number of fused-ring (bicyclic) bond motifs is 5. The number of tetrazole rings is 1. The lowest BCUT2D eigenvalue weighted by Crippen LogP contribution is -2.61. The molecule has 3 fully saturated rings. The van der Waals surface area contributed by atoms with Crippen molar-refractivity contribution < 1.29 is 9.59 Å². The first kappa shape index (κ1) is 17.6. The van der Waals surface area contributed by atoms with Gasteiger partial charge in [0.05, 0.1) is 5.56 Å². The number of rotatable bonds is 2. The number of aryl methyl sites for hydroxylation is 1. The van der Waals surface area contributed by atoms with Crippen LogP contribution in [-0.4, -0.2) is 67.5 Å². The van der Waals surface area contributed by atoms with Gasteiger partial charge >= 0.3 is 0 Å². The third kappa shape index (κ3) is 2.73. The van der Waals surface area contributed by atoms with Crippen molar-refractivity contribution in [1.29, 1.82) is 0 Å². The molecular formula is C20H24N6O2S. The minimum Gasteiger partial charge on any atom is -0.339 e. The molecule has 8 nitrogen and oxygen atoms in total. The number of carbonyl (C=O) groups excluding carboxylic acids is 2. The number of hydrogen-bond donors (Lipinski definition) is 0. The highest BCUT2D eigenvalue weighted by atomic mass is 32.1. The molecule has 1 aliphatic carbocycles. The Labute approximate surface area is 172 Å². The first-order valence-electron chi connectivity index (χ1n) is 10.7. The van der Waals surface area contributed by atoms with Gasteiger partial charge in [-0.05, 0) is 66.4 Å². The van der Waals surface area contributed by atoms with E-state index in [0.29, 0.717) is 30.2 Å². The summed E-state index contributed by atoms with van der Waals surface area (Å²) in [6.07, 6.45) is 8.57. The molecule has 29 heavy (non-hydrogen) atoms. The van der Waals surface area contributed by atoms with Crippen LogP contribution < -0.4 is 0 Å². The Morgan fingerprint density at radius 3 is 2.93 bits per heavy atom. The summed E-state index contributed by atoms with van der Waals surface area (Å²) in [5.41, 5.74) is 2.02. The molecule has 2 aromatic heterocycles. The Kier molecular flexibility index (Phi) is 4.01. The van der Waals surface area contributed by atoms with Gasteiger partial charge in [0.15, 0.2) is 0 Å². The summed E-state index contributed by atoms with van der Waals surface area (Å²) in [6, 6.07) is 0.315. The molecular weight excluding hydrogens is 388 g/mol. The van der Waals surface area contributed by atoms with Crippen molar-refractivity contribution in [2.24, 2.45) is 11.8 Å². The molecule has 0 N–H and O–H groups in total. The van der Waals surface area contributed by atoms with Gasteiger partial charge in [-0.15, -0.1) is 16.4 Å². The zero-order valence-corrected chi connectivity index (χ0v) is 17.1. The average molecular weight is 413 g/mol. The summed E-state index contributed by atoms with van der Waals surface area (Å²) in [5, 5.41) is 12.5. The Morgan fingerprint density at radius 1 is 1.14 bits per heavy atom. The minimum atomic E-state index is 0.125. The Bertz CT molecular complexity index is 970. The van der Waals surface area contributed by atoms with Crippen LogP contribution in [-0.2, 0) is 17.6 Å². The molecule has 152 valence electrons. The normalized spacial score (nSPS) is 28.4. The topological polar surface area (TPSA) is 84.2 Å². The Balaban J connectivity index is 1.32. The molecule has 2 amide bonds. The first-order chi connectivity index (χ1) is 14.2. The monoisotopic (exact) mass is 412 g/mol. The molecule has 0 radical (unpaired) electrons. The molecule has 5 heterocycles. The average Bonchev–Trinajstić information content (AvgIpc) is 3.45. The summed E-state index contributed by atoms with van der Waals surface area (Å²) in [4.78, 5) is 31.6. The zero-order valence-electron chi connectivity index (χ0n) is 16.3. The van der Waals surface area contributed by atoms with Crippen molar-refractivity contribution in [2.45, 2.75) is 51.0 Å². The zero-order chi connectivity index (χ0) is 19.5. The number of piperidine rings is 3. The number of amides is 2. The highest BCUT2D eigenvalue weighted by molar-refractivity contribution is 7.15. The molecule has 0 unspecified atom stereocenters. The van der Waals surface area contributed by atoms with E-state index >= 15 is 0 Å². The molecule has 0 saturated carbocycles. The second-order valence-electron chi connectivity index (χ2n) is 8.87. The number of aromatic nitrogens is 4. The van der Waals surface area contributed by atoms with E-state index in [4.69, 9.17) is 0 Å². The molecule has 0 spiro atoms. The highest BCUT2D eigenvalue weighted by Gasteiger charge is 2.45. The second kappa shape index (κ2) is 6.62. The van der Waals surface area contributed by atoms with E-state index in [1.807, 2.05) is 0 Å². The van der Waals surface area contributed by atoms with Gasteiger partial charge in [0.25, 0.3) is 5.91 Å². The van der Waals surface area contributed by atoms with Crippen molar-refractivity contribution in [2.75, 3.05) is 19.6 Å². The Hall–Kier alpha value is -2.29. The van der Waals surface area contributed by atoms with E-state index in [0.717, 1.165) is 68.7 Å². The van der Waals surface area contributed by atoms with Crippen molar-refractivity contribution in [3.63, 3.8) is 0 Å². The van der Waals surface area contributed by atoms with Crippen LogP contribution >= 0.6 is 11.3 Å². The van der Waals surface area contributed by atoms with E-state index in [9.17, 15) is 9.59 Å². The van der Waals surface area contributed by atoms with Gasteiger partial charge in [0.1, 0.15) is 11.3 Å². The smallest absolute Gasteiger partial charge is 0.257 e. The van der Waals surface area contributed by atoms with Gasteiger partial charge in [-0.25, -0.2) is 0 Å². The number of nitrogens with zero attached hydrogens (tertiary/aromatic N) is 6. The SMILES string of the molecule is O=C(c1c(-n2cnnn2)sc2c1CCC2)N1C[C@H]2C[C@@H](C1)[C@@H]1CCCC(=O)N1C2. The molecule has 3 saturated heterocycles. The molecule has 2 aromatic rings. The number of carbonyl (C=O) groups is 2. The van der Waals surface area contributed by atoms with Crippen LogP contribution in [0.3, 0.4) is 0 Å². The maximum Gasteiger partial charge on any atom is 0.257 e. The molecule has 2 bridgehead atoms. The number of thiophene rings is 1. The first-order valence-corrected chi connectivity index (χ1v) is 11.5. The van der Waals surface area contributed by atoms with Crippen LogP contribution in [0, 0.1) is 11.8 Å². The second-order valence-corrected chi connectivity index (χ2v) is 9.95. The standard InChI is InChI=1S/C20H24N6O2S/c27-17-6-2-4-15-13-7-12(9-25(15)17)8-24(10-13)19(28)18-14-3-1-5-16(14)29-20(18)26-11-21-22-23-26/h11-13,15H,1-10H2/t12-,13+,15+/m1/s1. The molecule has 9 heteroatoms. The van der Waals surface area contributed by atoms with Gasteiger partial charge in [0.2, 0.25) is 5.91 Å². The maximum atomic E-state index is 13.8. The largest absolute Gasteiger partial charge is 0.339 e. The lowest BCUT2D eigenvalue weighted by Gasteiger charge is -2.52. The lowest BCUT2D eigenvalue weighted by atomic mass is 9.76. The number of hydrogen-bond acceptors (Lipinski definition) is 6. The fourth-order valence-electron chi connectivity index (χ4n) is 5.96. The molecule has 0 aromatic carbocycles. The van der Waals surface area contributed by atoms with E-state index in [2.05, 4.69) is 25.3 Å². The molecule has 6 rings (SSSR count). The fourth-order valence-corrected chi connectivity index (χ4v) is 7.26. The van der Waals surface area contributed by atoms with Gasteiger partial charge in [-0.3, -0.25) is 9.59 Å². The summed E-state index contributed by atoms with van der Waals surface area (Å²) >= 11 is 1.66. The predicted octanol–water partition coefficient (Wildman–Crippen LogP) is 1.69. The summed E-state index contributed by atoms with van der Waals surface area (Å²) in [7, 11) is 0. The van der Waals surface area contributed by atoms with Crippen molar-refractivity contribution in [3.8, 4) is 5.00 Å². The van der Waals surface area contributed by atoms with E-state index in [1.165, 1.54) is 10.4 Å². The van der Waals surface area contributed by atoms with Crippen molar-refractivity contribution in [3.05, 3.63) is 22.3 Å². The third-order valence-corrected chi connectivity index (χ3v) is 8.42. The quantitative estimate of drug-likeness (QED) is 0.749. The molecule has 4 aliphatic rings. The highest BCUT2D eigenvalue weighted by Crippen LogP contribution is 2.41. The summed E-state index contributed by atoms with van der Waals surface area (Å²) in [6.45, 7) is 2.31. The van der Waals surface area contributed by atoms with Gasteiger partial charge in [-0.1, -0.05) is 0 Å². The number of likely N-dealkylation sites (tertiary alicyclic amines) is 1. The van der Waals surface area contributed by atoms with E-state index in [1.54, 1.807) is 22.3 Å². The van der Waals surface area contributed by atoms with Crippen LogP contribution in [0.4, 0.5) is 0 Å². The predicted molar refractivity (Wildman–Crippen MR) is 106 cm³/mol. The van der Waals surface area contributed by atoms with Crippen molar-refractivity contribution in [1.82, 2.24) is 30.0 Å². The van der Waals surface area contributed by atoms with Crippen LogP contribution in [0.15, 0.2) is 6.33 Å². The van der Waals surface area contributed by atoms with Crippen LogP contribution in [0.25, 0.3) is 5.00 Å². The van der Waals surface area contributed by atoms with Crippen LogP contribution in [0.1, 0.15) is 52.9 Å². The van der Waals surface area contributed by atoms with Crippen LogP contribution in [0.5, 0.6) is 0 Å².